The average molecular weight is 352 g/mol. The fraction of sp³-hybridized carbons (Fsp3) is 0.100. The molecule has 0 spiro atoms. The standard InChI is InChI=1S/C20H18ClN3O/c1-13-5-3-4-6-17(13)20(25)23-16-9-10-19(22-12-16)24-18-11-15(21)8-7-14(18)2/h3-12H,1-2H3,(H,22,24)(H,23,25). The quantitative estimate of drug-likeness (QED) is 0.666. The number of benzene rings is 2. The first kappa shape index (κ1) is 17.0. The molecule has 0 aliphatic carbocycles. The van der Waals surface area contributed by atoms with E-state index >= 15 is 0 Å². The number of nitrogens with one attached hydrogen (secondary N) is 2. The van der Waals surface area contributed by atoms with E-state index in [4.69, 9.17) is 11.6 Å². The molecule has 2 aromatic carbocycles. The molecular weight excluding hydrogens is 334 g/mol. The third-order valence-corrected chi connectivity index (χ3v) is 4.11. The lowest BCUT2D eigenvalue weighted by atomic mass is 10.1. The molecule has 126 valence electrons. The monoisotopic (exact) mass is 351 g/mol. The van der Waals surface area contributed by atoms with Gasteiger partial charge in [0.05, 0.1) is 11.9 Å². The van der Waals surface area contributed by atoms with Crippen LogP contribution in [0.4, 0.5) is 17.2 Å². The summed E-state index contributed by atoms with van der Waals surface area (Å²) in [7, 11) is 0. The average Bonchev–Trinajstić information content (AvgIpc) is 2.60. The van der Waals surface area contributed by atoms with Gasteiger partial charge in [-0.15, -0.1) is 0 Å². The minimum absolute atomic E-state index is 0.147. The molecule has 0 aliphatic heterocycles. The summed E-state index contributed by atoms with van der Waals surface area (Å²) in [5.74, 6) is 0.533. The second-order valence-corrected chi connectivity index (χ2v) is 6.22. The molecule has 1 amide bonds. The zero-order valence-electron chi connectivity index (χ0n) is 14.0. The molecule has 0 unspecified atom stereocenters. The van der Waals surface area contributed by atoms with Gasteiger partial charge in [-0.05, 0) is 55.3 Å². The van der Waals surface area contributed by atoms with Gasteiger partial charge < -0.3 is 10.6 Å². The fourth-order valence-corrected chi connectivity index (χ4v) is 2.61. The molecular formula is C20H18ClN3O. The predicted molar refractivity (Wildman–Crippen MR) is 103 cm³/mol. The number of hydrogen-bond donors (Lipinski definition) is 2. The summed E-state index contributed by atoms with van der Waals surface area (Å²) < 4.78 is 0. The number of pyridine rings is 1. The van der Waals surface area contributed by atoms with Crippen LogP contribution in [0.25, 0.3) is 0 Å². The van der Waals surface area contributed by atoms with E-state index in [0.717, 1.165) is 16.8 Å². The number of carbonyl (C=O) groups excluding carboxylic acids is 1. The predicted octanol–water partition coefficient (Wildman–Crippen LogP) is 5.35. The van der Waals surface area contributed by atoms with Gasteiger partial charge in [-0.25, -0.2) is 4.98 Å². The van der Waals surface area contributed by atoms with Crippen LogP contribution in [-0.2, 0) is 0 Å². The van der Waals surface area contributed by atoms with Gasteiger partial charge in [0, 0.05) is 16.3 Å². The molecule has 0 atom stereocenters. The number of rotatable bonds is 4. The van der Waals surface area contributed by atoms with Crippen molar-refractivity contribution in [2.24, 2.45) is 0 Å². The van der Waals surface area contributed by atoms with Gasteiger partial charge in [0.15, 0.2) is 0 Å². The smallest absolute Gasteiger partial charge is 0.255 e. The lowest BCUT2D eigenvalue weighted by Gasteiger charge is -2.11. The summed E-state index contributed by atoms with van der Waals surface area (Å²) in [6, 6.07) is 16.7. The number of anilines is 3. The van der Waals surface area contributed by atoms with Gasteiger partial charge in [-0.2, -0.15) is 0 Å². The number of hydrogen-bond acceptors (Lipinski definition) is 3. The topological polar surface area (TPSA) is 54.0 Å². The Morgan fingerprint density at radius 2 is 1.80 bits per heavy atom. The molecule has 0 saturated carbocycles. The summed E-state index contributed by atoms with van der Waals surface area (Å²) in [4.78, 5) is 16.7. The van der Waals surface area contributed by atoms with Gasteiger partial charge in [0.1, 0.15) is 5.82 Å². The van der Waals surface area contributed by atoms with Crippen molar-refractivity contribution in [1.82, 2.24) is 4.98 Å². The van der Waals surface area contributed by atoms with Crippen molar-refractivity contribution in [2.45, 2.75) is 13.8 Å². The normalized spacial score (nSPS) is 10.4. The Bertz CT molecular complexity index is 907. The van der Waals surface area contributed by atoms with Crippen molar-refractivity contribution >= 4 is 34.7 Å². The van der Waals surface area contributed by atoms with Crippen LogP contribution in [0, 0.1) is 13.8 Å². The number of aryl methyl sites for hydroxylation is 2. The summed E-state index contributed by atoms with van der Waals surface area (Å²) in [5, 5.41) is 6.75. The highest BCUT2D eigenvalue weighted by molar-refractivity contribution is 6.30. The van der Waals surface area contributed by atoms with E-state index in [1.165, 1.54) is 0 Å². The van der Waals surface area contributed by atoms with Crippen LogP contribution in [0.2, 0.25) is 5.02 Å². The molecule has 1 heterocycles. The van der Waals surface area contributed by atoms with Crippen LogP contribution < -0.4 is 10.6 Å². The second kappa shape index (κ2) is 7.36. The maximum atomic E-state index is 12.3. The molecule has 4 nitrogen and oxygen atoms in total. The highest BCUT2D eigenvalue weighted by Crippen LogP contribution is 2.23. The number of halogens is 1. The second-order valence-electron chi connectivity index (χ2n) is 5.79. The summed E-state index contributed by atoms with van der Waals surface area (Å²) >= 11 is 6.03. The maximum Gasteiger partial charge on any atom is 0.255 e. The highest BCUT2D eigenvalue weighted by atomic mass is 35.5. The maximum absolute atomic E-state index is 12.3. The van der Waals surface area contributed by atoms with Crippen LogP contribution in [0.5, 0.6) is 0 Å². The van der Waals surface area contributed by atoms with Crippen molar-refractivity contribution < 1.29 is 4.79 Å². The molecule has 1 aromatic heterocycles. The number of aromatic nitrogens is 1. The van der Waals surface area contributed by atoms with Gasteiger partial charge in [0.25, 0.3) is 5.91 Å². The number of carbonyl (C=O) groups is 1. The van der Waals surface area contributed by atoms with Gasteiger partial charge in [-0.1, -0.05) is 35.9 Å². The Labute approximate surface area is 151 Å². The van der Waals surface area contributed by atoms with E-state index in [1.807, 2.05) is 62.4 Å². The fourth-order valence-electron chi connectivity index (χ4n) is 2.43. The number of nitrogens with zero attached hydrogens (tertiary/aromatic N) is 1. The third kappa shape index (κ3) is 4.17. The van der Waals surface area contributed by atoms with E-state index < -0.39 is 0 Å². The van der Waals surface area contributed by atoms with Crippen molar-refractivity contribution in [2.75, 3.05) is 10.6 Å². The lowest BCUT2D eigenvalue weighted by molar-refractivity contribution is 0.102. The van der Waals surface area contributed by atoms with Crippen LogP contribution >= 0.6 is 11.6 Å². The molecule has 25 heavy (non-hydrogen) atoms. The van der Waals surface area contributed by atoms with Crippen molar-refractivity contribution in [3.05, 3.63) is 82.5 Å². The zero-order chi connectivity index (χ0) is 17.8. The Morgan fingerprint density at radius 1 is 1.00 bits per heavy atom. The first-order valence-corrected chi connectivity index (χ1v) is 8.27. The van der Waals surface area contributed by atoms with Crippen LogP contribution in [-0.4, -0.2) is 10.9 Å². The van der Waals surface area contributed by atoms with Crippen molar-refractivity contribution in [3.63, 3.8) is 0 Å². The SMILES string of the molecule is Cc1ccc(Cl)cc1Nc1ccc(NC(=O)c2ccccc2C)cn1. The van der Waals surface area contributed by atoms with Gasteiger partial charge in [-0.3, -0.25) is 4.79 Å². The summed E-state index contributed by atoms with van der Waals surface area (Å²) in [5.41, 5.74) is 4.20. The Kier molecular flexibility index (Phi) is 5.00. The van der Waals surface area contributed by atoms with E-state index in [-0.39, 0.29) is 5.91 Å². The molecule has 0 aliphatic rings. The molecule has 2 N–H and O–H groups in total. The summed E-state index contributed by atoms with van der Waals surface area (Å²) in [6.07, 6.45) is 1.62. The van der Waals surface area contributed by atoms with Crippen LogP contribution in [0.1, 0.15) is 21.5 Å². The minimum Gasteiger partial charge on any atom is -0.340 e. The highest BCUT2D eigenvalue weighted by Gasteiger charge is 2.09. The lowest BCUT2D eigenvalue weighted by Crippen LogP contribution is -2.13. The van der Waals surface area contributed by atoms with Gasteiger partial charge in [0.2, 0.25) is 0 Å². The number of amides is 1. The first-order valence-electron chi connectivity index (χ1n) is 7.89. The summed E-state index contributed by atoms with van der Waals surface area (Å²) in [6.45, 7) is 3.91. The van der Waals surface area contributed by atoms with Crippen LogP contribution in [0.15, 0.2) is 60.8 Å². The van der Waals surface area contributed by atoms with Crippen molar-refractivity contribution in [1.29, 1.82) is 0 Å². The Hall–Kier alpha value is -2.85. The van der Waals surface area contributed by atoms with E-state index in [0.29, 0.717) is 22.1 Å². The van der Waals surface area contributed by atoms with E-state index in [1.54, 1.807) is 12.3 Å². The van der Waals surface area contributed by atoms with Crippen LogP contribution in [0.3, 0.4) is 0 Å². The largest absolute Gasteiger partial charge is 0.340 e. The van der Waals surface area contributed by atoms with Crippen molar-refractivity contribution in [3.8, 4) is 0 Å². The molecule has 5 heteroatoms. The van der Waals surface area contributed by atoms with Gasteiger partial charge >= 0.3 is 0 Å². The van der Waals surface area contributed by atoms with E-state index in [2.05, 4.69) is 15.6 Å². The third-order valence-electron chi connectivity index (χ3n) is 3.87. The first-order chi connectivity index (χ1) is 12.0. The molecule has 3 aromatic rings. The minimum atomic E-state index is -0.147. The Balaban J connectivity index is 1.71. The molecule has 0 fully saturated rings. The molecule has 0 bridgehead atoms. The Morgan fingerprint density at radius 3 is 2.52 bits per heavy atom. The molecule has 0 saturated heterocycles. The van der Waals surface area contributed by atoms with E-state index in [9.17, 15) is 4.79 Å². The zero-order valence-corrected chi connectivity index (χ0v) is 14.8. The molecule has 0 radical (unpaired) electrons. The molecule has 3 rings (SSSR count).